The summed E-state index contributed by atoms with van der Waals surface area (Å²) in [7, 11) is 0. The number of hydrogen-bond donors (Lipinski definition) is 2. The van der Waals surface area contributed by atoms with Crippen molar-refractivity contribution in [3.63, 3.8) is 0 Å². The number of nitrogens with one attached hydrogen (secondary N) is 2. The summed E-state index contributed by atoms with van der Waals surface area (Å²) in [5.74, 6) is -0.800. The molecule has 0 unspecified atom stereocenters. The van der Waals surface area contributed by atoms with Crippen molar-refractivity contribution in [1.29, 1.82) is 0 Å². The summed E-state index contributed by atoms with van der Waals surface area (Å²) < 4.78 is 18.3. The molecular weight excluding hydrogens is 359 g/mol. The van der Waals surface area contributed by atoms with Crippen LogP contribution in [0.3, 0.4) is 0 Å². The van der Waals surface area contributed by atoms with Gasteiger partial charge in [-0.2, -0.15) is 0 Å². The van der Waals surface area contributed by atoms with E-state index in [1.165, 1.54) is 24.5 Å². The Labute approximate surface area is 161 Å². The predicted molar refractivity (Wildman–Crippen MR) is 104 cm³/mol. The van der Waals surface area contributed by atoms with Gasteiger partial charge in [-0.05, 0) is 48.4 Å². The van der Waals surface area contributed by atoms with Gasteiger partial charge in [0.25, 0.3) is 11.8 Å². The van der Waals surface area contributed by atoms with E-state index in [1.54, 1.807) is 36.4 Å². The number of hydrogen-bond acceptors (Lipinski definition) is 3. The lowest BCUT2D eigenvalue weighted by Crippen LogP contribution is -2.34. The molecule has 3 aromatic rings. The Morgan fingerprint density at radius 1 is 1.04 bits per heavy atom. The average Bonchev–Trinajstić information content (AvgIpc) is 3.20. The third-order valence-electron chi connectivity index (χ3n) is 4.08. The van der Waals surface area contributed by atoms with Crippen molar-refractivity contribution < 1.29 is 18.4 Å². The van der Waals surface area contributed by atoms with Crippen LogP contribution in [0.1, 0.15) is 27.2 Å². The number of carbonyl (C=O) groups is 2. The molecule has 6 heteroatoms. The molecule has 0 aliphatic heterocycles. The van der Waals surface area contributed by atoms with E-state index in [4.69, 9.17) is 4.42 Å². The molecule has 0 aliphatic rings. The van der Waals surface area contributed by atoms with Crippen LogP contribution in [0, 0.1) is 12.7 Å². The predicted octanol–water partition coefficient (Wildman–Crippen LogP) is 3.81. The van der Waals surface area contributed by atoms with Crippen molar-refractivity contribution in [2.75, 3.05) is 0 Å². The first-order valence-corrected chi connectivity index (χ1v) is 8.68. The van der Waals surface area contributed by atoms with Crippen LogP contribution in [0.4, 0.5) is 4.39 Å². The fourth-order valence-electron chi connectivity index (χ4n) is 2.57. The van der Waals surface area contributed by atoms with E-state index in [9.17, 15) is 14.0 Å². The van der Waals surface area contributed by atoms with Crippen LogP contribution >= 0.6 is 0 Å². The zero-order chi connectivity index (χ0) is 19.9. The molecule has 0 aliphatic carbocycles. The van der Waals surface area contributed by atoms with Crippen molar-refractivity contribution in [2.24, 2.45) is 0 Å². The second-order valence-electron chi connectivity index (χ2n) is 6.15. The van der Waals surface area contributed by atoms with Gasteiger partial charge in [0.15, 0.2) is 0 Å². The van der Waals surface area contributed by atoms with Crippen molar-refractivity contribution in [3.8, 4) is 0 Å². The number of aryl methyl sites for hydroxylation is 1. The van der Waals surface area contributed by atoms with Crippen LogP contribution in [0.15, 0.2) is 77.0 Å². The molecule has 0 saturated carbocycles. The van der Waals surface area contributed by atoms with E-state index < -0.39 is 11.8 Å². The summed E-state index contributed by atoms with van der Waals surface area (Å²) in [6.07, 6.45) is 2.93. The summed E-state index contributed by atoms with van der Waals surface area (Å²) in [6, 6.07) is 16.3. The van der Waals surface area contributed by atoms with Crippen molar-refractivity contribution in [1.82, 2.24) is 10.6 Å². The Bertz CT molecular complexity index is 993. The van der Waals surface area contributed by atoms with E-state index in [1.807, 2.05) is 19.1 Å². The minimum Gasteiger partial charge on any atom is -0.465 e. The first-order valence-electron chi connectivity index (χ1n) is 8.68. The van der Waals surface area contributed by atoms with Crippen molar-refractivity contribution >= 4 is 17.9 Å². The van der Waals surface area contributed by atoms with E-state index in [-0.39, 0.29) is 18.1 Å². The lowest BCUT2D eigenvalue weighted by Gasteiger charge is -2.12. The molecule has 0 spiro atoms. The maximum atomic E-state index is 13.0. The van der Waals surface area contributed by atoms with Gasteiger partial charge in [0.2, 0.25) is 0 Å². The molecule has 28 heavy (non-hydrogen) atoms. The summed E-state index contributed by atoms with van der Waals surface area (Å²) in [5.41, 5.74) is 2.05. The molecule has 2 amide bonds. The number of furan rings is 1. The molecule has 0 bridgehead atoms. The fraction of sp³-hybridized carbons (Fsp3) is 0.0909. The van der Waals surface area contributed by atoms with Gasteiger partial charge in [0, 0.05) is 18.2 Å². The van der Waals surface area contributed by atoms with E-state index >= 15 is 0 Å². The molecule has 3 rings (SSSR count). The fourth-order valence-corrected chi connectivity index (χ4v) is 2.57. The SMILES string of the molecule is Cc1ccccc1C(=O)N/C(=C\c1ccco1)C(=O)NCc1ccc(F)cc1. The summed E-state index contributed by atoms with van der Waals surface area (Å²) >= 11 is 0. The van der Waals surface area contributed by atoms with E-state index in [2.05, 4.69) is 10.6 Å². The zero-order valence-electron chi connectivity index (χ0n) is 15.2. The quantitative estimate of drug-likeness (QED) is 0.641. The number of carbonyl (C=O) groups excluding carboxylic acids is 2. The molecule has 1 heterocycles. The van der Waals surface area contributed by atoms with Gasteiger partial charge in [-0.15, -0.1) is 0 Å². The molecule has 0 saturated heterocycles. The second-order valence-corrected chi connectivity index (χ2v) is 6.15. The summed E-state index contributed by atoms with van der Waals surface area (Å²) in [6.45, 7) is 2.01. The molecule has 2 N–H and O–H groups in total. The highest BCUT2D eigenvalue weighted by Crippen LogP contribution is 2.11. The largest absolute Gasteiger partial charge is 0.465 e. The Kier molecular flexibility index (Phi) is 6.01. The smallest absolute Gasteiger partial charge is 0.268 e. The first kappa shape index (κ1) is 19.1. The minimum absolute atomic E-state index is 0.0466. The lowest BCUT2D eigenvalue weighted by atomic mass is 10.1. The maximum Gasteiger partial charge on any atom is 0.268 e. The third-order valence-corrected chi connectivity index (χ3v) is 4.08. The third kappa shape index (κ3) is 4.94. The maximum absolute atomic E-state index is 13.0. The Balaban J connectivity index is 1.77. The molecule has 1 aromatic heterocycles. The van der Waals surface area contributed by atoms with Crippen LogP contribution in [0.2, 0.25) is 0 Å². The Morgan fingerprint density at radius 2 is 1.79 bits per heavy atom. The van der Waals surface area contributed by atoms with E-state index in [0.717, 1.165) is 11.1 Å². The topological polar surface area (TPSA) is 71.3 Å². The highest BCUT2D eigenvalue weighted by atomic mass is 19.1. The van der Waals surface area contributed by atoms with Gasteiger partial charge in [-0.1, -0.05) is 30.3 Å². The van der Waals surface area contributed by atoms with Crippen LogP contribution in [-0.4, -0.2) is 11.8 Å². The Hall–Kier alpha value is -3.67. The summed E-state index contributed by atoms with van der Waals surface area (Å²) in [5, 5.41) is 5.36. The molecule has 0 fully saturated rings. The van der Waals surface area contributed by atoms with Crippen molar-refractivity contribution in [3.05, 3.63) is 101 Å². The number of rotatable bonds is 6. The van der Waals surface area contributed by atoms with Gasteiger partial charge in [0.05, 0.1) is 6.26 Å². The first-order chi connectivity index (χ1) is 13.5. The van der Waals surface area contributed by atoms with Crippen LogP contribution in [0.5, 0.6) is 0 Å². The molecule has 2 aromatic carbocycles. The van der Waals surface area contributed by atoms with E-state index in [0.29, 0.717) is 11.3 Å². The van der Waals surface area contributed by atoms with Crippen LogP contribution < -0.4 is 10.6 Å². The van der Waals surface area contributed by atoms with Gasteiger partial charge in [-0.25, -0.2) is 4.39 Å². The molecule has 0 radical (unpaired) electrons. The van der Waals surface area contributed by atoms with Crippen LogP contribution in [0.25, 0.3) is 6.08 Å². The summed E-state index contributed by atoms with van der Waals surface area (Å²) in [4.78, 5) is 25.3. The van der Waals surface area contributed by atoms with Gasteiger partial charge < -0.3 is 15.1 Å². The zero-order valence-corrected chi connectivity index (χ0v) is 15.2. The standard InChI is InChI=1S/C22H19FN2O3/c1-15-5-2-3-7-19(15)21(26)25-20(13-18-6-4-12-28-18)22(27)24-14-16-8-10-17(23)11-9-16/h2-13H,14H2,1H3,(H,24,27)(H,25,26)/b20-13-. The minimum atomic E-state index is -0.484. The van der Waals surface area contributed by atoms with Gasteiger partial charge in [0.1, 0.15) is 17.3 Å². The molecule has 142 valence electrons. The molecule has 0 atom stereocenters. The Morgan fingerprint density at radius 3 is 2.46 bits per heavy atom. The average molecular weight is 378 g/mol. The normalized spacial score (nSPS) is 11.1. The number of halogens is 1. The number of benzene rings is 2. The monoisotopic (exact) mass is 378 g/mol. The highest BCUT2D eigenvalue weighted by molar-refractivity contribution is 6.05. The van der Waals surface area contributed by atoms with Crippen LogP contribution in [-0.2, 0) is 11.3 Å². The number of amides is 2. The van der Waals surface area contributed by atoms with Crippen molar-refractivity contribution in [2.45, 2.75) is 13.5 Å². The van der Waals surface area contributed by atoms with Gasteiger partial charge in [-0.3, -0.25) is 9.59 Å². The molecular formula is C22H19FN2O3. The lowest BCUT2D eigenvalue weighted by molar-refractivity contribution is -0.117. The highest BCUT2D eigenvalue weighted by Gasteiger charge is 2.16. The van der Waals surface area contributed by atoms with Gasteiger partial charge >= 0.3 is 0 Å². The molecule has 5 nitrogen and oxygen atoms in total. The second kappa shape index (κ2) is 8.81.